The largest absolute Gasteiger partial charge is 0.623 e. The number of nitrogens with two attached hydrogens (primary N) is 1. The summed E-state index contributed by atoms with van der Waals surface area (Å²) in [5.74, 6) is -1.21. The van der Waals surface area contributed by atoms with Crippen molar-refractivity contribution in [1.82, 2.24) is 10.2 Å². The normalized spacial score (nSPS) is 12.9. The van der Waals surface area contributed by atoms with E-state index in [-0.39, 0.29) is 31.9 Å². The molecule has 300 valence electrons. The number of azo groups is 2. The number of carbonyl (C=O) groups excluding carboxylic acids is 4. The number of primary amides is 1. The molecule has 5 aromatic rings. The molecule has 0 spiro atoms. The van der Waals surface area contributed by atoms with Crippen LogP contribution in [-0.4, -0.2) is 59.8 Å². The lowest BCUT2D eigenvalue weighted by Crippen LogP contribution is -2.51. The zero-order chi connectivity index (χ0) is 41.3. The van der Waals surface area contributed by atoms with Gasteiger partial charge >= 0.3 is 12.2 Å². The molecular formula is C46H50N5O7+. The van der Waals surface area contributed by atoms with Crippen LogP contribution < -0.4 is 15.8 Å². The summed E-state index contributed by atoms with van der Waals surface area (Å²) in [6, 6.07) is 42.4. The summed E-state index contributed by atoms with van der Waals surface area (Å²) in [6.45, 7) is 3.97. The molecule has 12 heteroatoms. The fourth-order valence-electron chi connectivity index (χ4n) is 6.67. The number of amides is 4. The zero-order valence-corrected chi connectivity index (χ0v) is 33.0. The van der Waals surface area contributed by atoms with Gasteiger partial charge in [-0.1, -0.05) is 140 Å². The Balaban J connectivity index is 1.46. The number of carbonyl (C=O) groups is 4. The van der Waals surface area contributed by atoms with Gasteiger partial charge < -0.3 is 24.8 Å². The van der Waals surface area contributed by atoms with Crippen molar-refractivity contribution in [2.24, 2.45) is 10.8 Å². The summed E-state index contributed by atoms with van der Waals surface area (Å²) in [6.07, 6.45) is -2.64. The molecule has 0 aliphatic carbocycles. The van der Waals surface area contributed by atoms with Crippen LogP contribution in [-0.2, 0) is 25.7 Å². The third kappa shape index (κ3) is 11.7. The molecule has 0 aliphatic heterocycles. The van der Waals surface area contributed by atoms with Crippen LogP contribution in [0.1, 0.15) is 72.7 Å². The second kappa shape index (κ2) is 21.6. The Kier molecular flexibility index (Phi) is 15.8. The molecule has 4 amide bonds. The quantitative estimate of drug-likeness (QED) is 0.0512. The van der Waals surface area contributed by atoms with Crippen molar-refractivity contribution in [2.75, 3.05) is 20.2 Å². The Morgan fingerprint density at radius 1 is 0.741 bits per heavy atom. The van der Waals surface area contributed by atoms with E-state index < -0.39 is 42.3 Å². The Morgan fingerprint density at radius 3 is 1.79 bits per heavy atom. The second-order valence-electron chi connectivity index (χ2n) is 13.5. The Hall–Kier alpha value is -6.66. The predicted octanol–water partition coefficient (Wildman–Crippen LogP) is 8.30. The molecular weight excluding hydrogens is 735 g/mol. The highest BCUT2D eigenvalue weighted by Gasteiger charge is 2.38. The molecule has 0 saturated heterocycles. The van der Waals surface area contributed by atoms with Crippen molar-refractivity contribution in [3.8, 4) is 5.75 Å². The van der Waals surface area contributed by atoms with Crippen LogP contribution in [0.4, 0.5) is 9.59 Å². The zero-order valence-electron chi connectivity index (χ0n) is 33.0. The maximum atomic E-state index is 15.1. The first-order valence-corrected chi connectivity index (χ1v) is 19.2. The maximum absolute atomic E-state index is 15.1. The monoisotopic (exact) mass is 784 g/mol. The molecule has 1 unspecified atom stereocenters. The third-order valence-corrected chi connectivity index (χ3v) is 9.62. The van der Waals surface area contributed by atoms with Gasteiger partial charge in [0.2, 0.25) is 11.8 Å². The van der Waals surface area contributed by atoms with Gasteiger partial charge in [-0.25, -0.2) is 4.79 Å². The minimum absolute atomic E-state index is 0.0227. The number of ether oxygens (including phenoxy) is 3. The van der Waals surface area contributed by atoms with E-state index in [2.05, 4.69) is 10.4 Å². The van der Waals surface area contributed by atoms with Crippen molar-refractivity contribution < 1.29 is 38.1 Å². The van der Waals surface area contributed by atoms with E-state index in [1.165, 1.54) is 4.90 Å². The lowest BCUT2D eigenvalue weighted by molar-refractivity contribution is -0.512. The number of methoxy groups -OCH3 is 1. The Bertz CT molecular complexity index is 2060. The Morgan fingerprint density at radius 2 is 1.28 bits per heavy atom. The summed E-state index contributed by atoms with van der Waals surface area (Å²) in [7, 11) is 1.57. The SMILES string of the molecule is CCN[C@H](OC(=O)N=[N+](CCC[C@H](C(N)=O)N(C(=O)C(c1ccccc1)c1ccccc1)C(C)c1ccc(OC)cc1)C(=O)OCc1ccccc1)c1ccccc1. The van der Waals surface area contributed by atoms with E-state index in [1.807, 2.05) is 123 Å². The van der Waals surface area contributed by atoms with Gasteiger partial charge in [0.15, 0.2) is 12.8 Å². The van der Waals surface area contributed by atoms with Crippen LogP contribution in [0, 0.1) is 0 Å². The van der Waals surface area contributed by atoms with Gasteiger partial charge in [-0.05, 0) is 59.0 Å². The second-order valence-corrected chi connectivity index (χ2v) is 13.5. The number of hydrogen-bond acceptors (Lipinski definition) is 8. The summed E-state index contributed by atoms with van der Waals surface area (Å²) >= 11 is 0. The highest BCUT2D eigenvalue weighted by atomic mass is 16.6. The van der Waals surface area contributed by atoms with Crippen LogP contribution in [0.25, 0.3) is 0 Å². The standard InChI is InChI=1S/C46H49N5O7/c1-4-48-43(38-24-15-8-16-25-38)58-45(54)49-50(46(55)57-32-34-18-9-5-10-19-34)31-17-26-40(42(47)52)51(33(2)35-27-29-39(56-3)30-28-35)44(53)41(36-20-11-6-12-21-36)37-22-13-7-14-23-37/h5-16,18-25,27-30,33,40-41,43,48H,4,17,26,31-32H2,1-3H3,(H-,47,52)/p+1/t33?,40-,43-/m1/s1. The number of rotatable bonds is 18. The van der Waals surface area contributed by atoms with Crippen molar-refractivity contribution in [3.05, 3.63) is 173 Å². The van der Waals surface area contributed by atoms with E-state index in [4.69, 9.17) is 19.9 Å². The molecule has 3 atom stereocenters. The molecule has 0 aromatic heterocycles. The van der Waals surface area contributed by atoms with Crippen molar-refractivity contribution >= 4 is 24.0 Å². The fraction of sp³-hybridized carbons (Fsp3) is 0.261. The number of nitrogens with one attached hydrogen (secondary N) is 1. The fourth-order valence-corrected chi connectivity index (χ4v) is 6.67. The van der Waals surface area contributed by atoms with E-state index in [0.717, 1.165) is 27.0 Å². The molecule has 0 radical (unpaired) electrons. The molecule has 0 fully saturated rings. The molecule has 58 heavy (non-hydrogen) atoms. The lowest BCUT2D eigenvalue weighted by atomic mass is 9.88. The molecule has 3 N–H and O–H groups in total. The minimum Gasteiger partial charge on any atom is -0.497 e. The minimum atomic E-state index is -1.13. The molecule has 12 nitrogen and oxygen atoms in total. The Labute approximate surface area is 339 Å². The molecule has 0 saturated carbocycles. The first kappa shape index (κ1) is 42.5. The van der Waals surface area contributed by atoms with Gasteiger partial charge in [0.05, 0.1) is 24.2 Å². The molecule has 5 aromatic carbocycles. The molecule has 0 bridgehead atoms. The van der Waals surface area contributed by atoms with Gasteiger partial charge in [0, 0.05) is 12.0 Å². The van der Waals surface area contributed by atoms with E-state index in [1.54, 1.807) is 43.5 Å². The third-order valence-electron chi connectivity index (χ3n) is 9.62. The average molecular weight is 785 g/mol. The predicted molar refractivity (Wildman–Crippen MR) is 219 cm³/mol. The van der Waals surface area contributed by atoms with Crippen LogP contribution in [0.3, 0.4) is 0 Å². The van der Waals surface area contributed by atoms with Crippen LogP contribution in [0.5, 0.6) is 5.75 Å². The number of nitrogens with zero attached hydrogens (tertiary/aromatic N) is 3. The summed E-state index contributed by atoms with van der Waals surface area (Å²) in [5, 5.41) is 7.12. The lowest BCUT2D eigenvalue weighted by Gasteiger charge is -2.38. The highest BCUT2D eigenvalue weighted by molar-refractivity contribution is 5.92. The van der Waals surface area contributed by atoms with Gasteiger partial charge in [0.25, 0.3) is 0 Å². The maximum Gasteiger partial charge on any atom is 0.623 e. The van der Waals surface area contributed by atoms with Crippen molar-refractivity contribution in [1.29, 1.82) is 0 Å². The van der Waals surface area contributed by atoms with Gasteiger partial charge in [-0.15, -0.1) is 0 Å². The van der Waals surface area contributed by atoms with Gasteiger partial charge in [0.1, 0.15) is 18.4 Å². The topological polar surface area (TPSA) is 153 Å². The van der Waals surface area contributed by atoms with E-state index in [9.17, 15) is 14.4 Å². The first-order chi connectivity index (χ1) is 28.2. The summed E-state index contributed by atoms with van der Waals surface area (Å²) in [4.78, 5) is 57.0. The molecule has 0 heterocycles. The van der Waals surface area contributed by atoms with Gasteiger partial charge in [-0.3, -0.25) is 14.9 Å². The van der Waals surface area contributed by atoms with Crippen molar-refractivity contribution in [2.45, 2.75) is 57.5 Å². The van der Waals surface area contributed by atoms with E-state index in [0.29, 0.717) is 17.9 Å². The van der Waals surface area contributed by atoms with Crippen LogP contribution in [0.15, 0.2) is 151 Å². The number of benzene rings is 5. The first-order valence-electron chi connectivity index (χ1n) is 19.2. The van der Waals surface area contributed by atoms with Crippen LogP contribution >= 0.6 is 0 Å². The van der Waals surface area contributed by atoms with E-state index >= 15 is 4.79 Å². The van der Waals surface area contributed by atoms with Crippen molar-refractivity contribution in [3.63, 3.8) is 0 Å². The van der Waals surface area contributed by atoms with Crippen LogP contribution in [0.2, 0.25) is 0 Å². The molecule has 5 rings (SSSR count). The summed E-state index contributed by atoms with van der Waals surface area (Å²) < 4.78 is 17.5. The highest BCUT2D eigenvalue weighted by Crippen LogP contribution is 2.34. The average Bonchev–Trinajstić information content (AvgIpc) is 3.26. The smallest absolute Gasteiger partial charge is 0.497 e. The van der Waals surface area contributed by atoms with Gasteiger partial charge in [-0.2, -0.15) is 4.79 Å². The molecule has 0 aliphatic rings. The summed E-state index contributed by atoms with van der Waals surface area (Å²) in [5.41, 5.74) is 9.81. The number of hydrogen-bond donors (Lipinski definition) is 2.